The highest BCUT2D eigenvalue weighted by atomic mass is 79.9. The lowest BCUT2D eigenvalue weighted by Gasteiger charge is -2.19. The maximum atomic E-state index is 12.7. The van der Waals surface area contributed by atoms with E-state index in [4.69, 9.17) is 5.11 Å². The average molecular weight is 2590 g/mol. The first-order valence-corrected chi connectivity index (χ1v) is 54.3. The zero-order valence-corrected chi connectivity index (χ0v) is 94.6. The summed E-state index contributed by atoms with van der Waals surface area (Å²) in [6, 6.07) is 50.7. The predicted molar refractivity (Wildman–Crippen MR) is 581 cm³/mol. The number of para-hydroxylation sites is 3. The summed E-state index contributed by atoms with van der Waals surface area (Å²) in [6.45, 7) is 17.1. The molecule has 692 valence electrons. The summed E-state index contributed by atoms with van der Waals surface area (Å²) in [5, 5.41) is 8.72. The normalized spacial score (nSPS) is 14.8. The summed E-state index contributed by atoms with van der Waals surface area (Å²) in [4.78, 5) is 100. The smallest absolute Gasteiger partial charge is 0.260 e. The van der Waals surface area contributed by atoms with E-state index in [-0.39, 0.29) is 41.3 Å². The van der Waals surface area contributed by atoms with E-state index in [1.165, 1.54) is 63.9 Å². The molecule has 0 saturated carbocycles. The molecule has 0 aliphatic carbocycles. The van der Waals surface area contributed by atoms with Crippen LogP contribution < -0.4 is 14.7 Å². The fraction of sp³-hybridized carbons (Fsp3) is 0.356. The molecule has 15 nitrogen and oxygen atoms in total. The van der Waals surface area contributed by atoms with E-state index in [2.05, 4.69) is 261 Å². The fourth-order valence-corrected chi connectivity index (χ4v) is 19.1. The van der Waals surface area contributed by atoms with Gasteiger partial charge in [-0.25, -0.2) is 0 Å². The van der Waals surface area contributed by atoms with Gasteiger partial charge in [0.2, 0.25) is 0 Å². The second kappa shape index (κ2) is 61.7. The van der Waals surface area contributed by atoms with E-state index in [1.807, 2.05) is 197 Å². The molecule has 6 aromatic rings. The summed E-state index contributed by atoms with van der Waals surface area (Å²) in [5.74, 6) is 0.660. The van der Waals surface area contributed by atoms with Gasteiger partial charge >= 0.3 is 0 Å². The van der Waals surface area contributed by atoms with Gasteiger partial charge in [-0.15, -0.1) is 0 Å². The van der Waals surface area contributed by atoms with Crippen LogP contribution >= 0.6 is 207 Å². The SMILES string of the molecule is CCCCC1=C(Br)/C(=C/Br)N(c2ccccc2)C1=O.CCCCC1=CC(=C(Br)Br)N(Cc2ccccc2)C1=O.CCCCC1=CC(=C(Br)Br)N(c2ccccc2)C1=O.CCCCCCC1=CC(=C(Br)Br)N(CCCC)C1=O.CCCCCCC1=CC(=C(Br)Br)N(Cc2ccccc2)C1=O.CCCCCCC1=CC(=C(Br)Br)N(c2ccccc2)C1=O.O=Cc1[nH]c(O)cc1Br. The number of aromatic nitrogens is 1. The first kappa shape index (κ1) is 113. The van der Waals surface area contributed by atoms with Gasteiger partial charge in [-0.05, 0) is 353 Å². The molecular weight excluding hydrogens is 2480 g/mol. The van der Waals surface area contributed by atoms with Gasteiger partial charge in [0.25, 0.3) is 35.4 Å². The molecule has 0 unspecified atom stereocenters. The minimum Gasteiger partial charge on any atom is -0.495 e. The number of halogens is 13. The Morgan fingerprint density at radius 2 is 0.636 bits per heavy atom. The van der Waals surface area contributed by atoms with Crippen LogP contribution in [0, 0.1) is 0 Å². The average Bonchev–Trinajstić information content (AvgIpc) is 1.65. The largest absolute Gasteiger partial charge is 0.495 e. The number of aromatic amines is 1. The molecule has 0 spiro atoms. The van der Waals surface area contributed by atoms with Crippen molar-refractivity contribution < 1.29 is 38.7 Å². The number of benzene rings is 5. The lowest BCUT2D eigenvalue weighted by atomic mass is 10.1. The Bertz CT molecular complexity index is 5100. The number of nitrogens with one attached hydrogen (secondary N) is 1. The summed E-state index contributed by atoms with van der Waals surface area (Å²) in [5.41, 5.74) is 16.1. The number of allylic oxidation sites excluding steroid dienone is 6. The van der Waals surface area contributed by atoms with Crippen molar-refractivity contribution in [1.82, 2.24) is 19.7 Å². The third-order valence-corrected chi connectivity index (χ3v) is 27.1. The number of carbonyl (C=O) groups excluding carboxylic acids is 7. The first-order chi connectivity index (χ1) is 62.1. The number of aromatic hydroxyl groups is 1. The van der Waals surface area contributed by atoms with Crippen LogP contribution in [0.4, 0.5) is 17.1 Å². The Kier molecular flexibility index (Phi) is 53.8. The Morgan fingerprint density at radius 1 is 0.341 bits per heavy atom. The summed E-state index contributed by atoms with van der Waals surface area (Å²) in [6.07, 6.45) is 38.4. The Balaban J connectivity index is 0.000000234. The molecule has 0 atom stereocenters. The van der Waals surface area contributed by atoms with Gasteiger partial charge in [0.1, 0.15) is 0 Å². The van der Waals surface area contributed by atoms with Gasteiger partial charge in [-0.2, -0.15) is 0 Å². The molecule has 12 rings (SSSR count). The van der Waals surface area contributed by atoms with E-state index in [9.17, 15) is 33.6 Å². The van der Waals surface area contributed by atoms with Crippen LogP contribution in [0.15, 0.2) is 287 Å². The lowest BCUT2D eigenvalue weighted by Crippen LogP contribution is -2.27. The number of aldehydes is 1. The number of H-pyrrole nitrogens is 1. The molecule has 6 amide bonds. The third kappa shape index (κ3) is 35.5. The summed E-state index contributed by atoms with van der Waals surface area (Å²) in [7, 11) is 0. The Labute approximate surface area is 873 Å². The van der Waals surface area contributed by atoms with Gasteiger partial charge in [-0.3, -0.25) is 48.3 Å². The van der Waals surface area contributed by atoms with Gasteiger partial charge < -0.3 is 24.8 Å². The van der Waals surface area contributed by atoms with Crippen molar-refractivity contribution in [2.75, 3.05) is 21.2 Å². The number of anilines is 3. The fourth-order valence-electron chi connectivity index (χ4n) is 14.1. The van der Waals surface area contributed by atoms with Gasteiger partial charge in [0.15, 0.2) is 12.2 Å². The van der Waals surface area contributed by atoms with Crippen molar-refractivity contribution in [3.05, 3.63) is 303 Å². The van der Waals surface area contributed by atoms with E-state index >= 15 is 0 Å². The van der Waals surface area contributed by atoms with Crippen LogP contribution in [0.5, 0.6) is 5.88 Å². The molecule has 1 aromatic heterocycles. The molecule has 129 heavy (non-hydrogen) atoms. The van der Waals surface area contributed by atoms with Crippen molar-refractivity contribution in [1.29, 1.82) is 0 Å². The molecule has 0 saturated heterocycles. The summed E-state index contributed by atoms with van der Waals surface area (Å²) >= 11 is 44.4. The van der Waals surface area contributed by atoms with Crippen molar-refractivity contribution in [2.24, 2.45) is 0 Å². The molecule has 5 aromatic carbocycles. The van der Waals surface area contributed by atoms with E-state index in [0.717, 1.165) is 233 Å². The molecule has 6 aliphatic heterocycles. The second-order valence-corrected chi connectivity index (χ2v) is 46.0. The number of rotatable bonds is 35. The first-order valence-electron chi connectivity index (χ1n) is 43.8. The highest BCUT2D eigenvalue weighted by molar-refractivity contribution is 9.29. The Morgan fingerprint density at radius 3 is 0.938 bits per heavy atom. The number of unbranched alkanes of at least 4 members (excludes halogenated alkanes) is 13. The van der Waals surface area contributed by atoms with Crippen LogP contribution in [0.1, 0.15) is 237 Å². The van der Waals surface area contributed by atoms with Crippen LogP contribution in [-0.4, -0.2) is 73.1 Å². The van der Waals surface area contributed by atoms with Gasteiger partial charge in [0.05, 0.1) is 74.4 Å². The number of carbonyl (C=O) groups is 7. The minimum atomic E-state index is -0.0102. The van der Waals surface area contributed by atoms with Crippen LogP contribution in [0.2, 0.25) is 0 Å². The highest BCUT2D eigenvalue weighted by Crippen LogP contribution is 2.43. The molecule has 2 N–H and O–H groups in total. The zero-order chi connectivity index (χ0) is 94.5. The quantitative estimate of drug-likeness (QED) is 0.0292. The summed E-state index contributed by atoms with van der Waals surface area (Å²) < 4.78 is 5.59. The third-order valence-electron chi connectivity index (χ3n) is 21.0. The number of nitrogens with zero attached hydrogens (tertiary/aromatic N) is 6. The van der Waals surface area contributed by atoms with Crippen molar-refractivity contribution >= 4 is 266 Å². The zero-order valence-electron chi connectivity index (χ0n) is 74.0. The number of amides is 6. The van der Waals surface area contributed by atoms with Crippen LogP contribution in [0.3, 0.4) is 0 Å². The van der Waals surface area contributed by atoms with E-state index in [1.54, 1.807) is 19.7 Å². The number of hydrogen-bond donors (Lipinski definition) is 2. The molecule has 0 bridgehead atoms. The van der Waals surface area contributed by atoms with Gasteiger partial charge in [-0.1, -0.05) is 263 Å². The van der Waals surface area contributed by atoms with E-state index < -0.39 is 0 Å². The maximum Gasteiger partial charge on any atom is 0.260 e. The maximum absolute atomic E-state index is 12.7. The standard InChI is InChI=1S/C18H21Br2NO.C17H19Br2NO.C16H17Br2NO.2C15H15Br2NO.C15H23Br2NO.C5H4BrNO2/c1-2-3-4-8-11-15-12-16(17(19)20)21(18(15)22)13-14-9-6-5-7-10-14;1-2-3-4-6-9-13-12-15(16(18)19)20(17(13)21)14-10-7-5-8-11-14;1-2-3-9-13-10-14(15(17)18)19(16(13)20)11-12-7-5-4-6-8-12;1-2-3-9-12-14(17)13(10-16)18(15(12)19)11-7-5-4-6-8-11;1-2-3-7-11-10-13(14(16)17)18(15(11)19)12-8-5-4-6-9-12;1-3-5-7-8-9-12-11-13(14(16)17)18(15(12)19)10-6-4-2;6-3-1-5(9)7-4(3)2-8/h5-7,9-10,12H,2-4,8,11,13H2,1H3;5,7-8,10-12H,2-4,6,9H2,1H3;4-8,10H,2-3,9,11H2,1H3;4-8,10H,2-3,9H2,1H3;4-6,8-10H,2-3,7H2,1H3;11H,3-10H2,1-2H3;1-2,7,9H/b;;;13-10-;;;. The molecule has 7 heterocycles. The number of hydrogen-bond acceptors (Lipinski definition) is 8. The minimum absolute atomic E-state index is 0.0102. The molecule has 28 heteroatoms. The van der Waals surface area contributed by atoms with Crippen molar-refractivity contribution in [3.8, 4) is 5.88 Å². The van der Waals surface area contributed by atoms with E-state index in [0.29, 0.717) is 29.5 Å². The molecular formula is C101H114Br13N7O8. The van der Waals surface area contributed by atoms with Gasteiger partial charge in [0, 0.05) is 72.6 Å². The lowest BCUT2D eigenvalue weighted by molar-refractivity contribution is -0.125. The van der Waals surface area contributed by atoms with Crippen molar-refractivity contribution in [3.63, 3.8) is 0 Å². The van der Waals surface area contributed by atoms with Crippen molar-refractivity contribution in [2.45, 2.75) is 228 Å². The second-order valence-electron chi connectivity index (χ2n) is 30.6. The monoisotopic (exact) mass is 2580 g/mol. The molecule has 0 radical (unpaired) electrons. The molecule has 0 fully saturated rings. The molecule has 6 aliphatic rings. The predicted octanol–water partition coefficient (Wildman–Crippen LogP) is 33.9. The Hall–Kier alpha value is -5.21. The van der Waals surface area contributed by atoms with Crippen LogP contribution in [0.25, 0.3) is 0 Å². The highest BCUT2D eigenvalue weighted by Gasteiger charge is 2.37. The van der Waals surface area contributed by atoms with Crippen LogP contribution in [-0.2, 0) is 41.9 Å². The topological polar surface area (TPSA) is 175 Å².